The average molecular weight is 190 g/mol. The Balaban J connectivity index is 2.63. The van der Waals surface area contributed by atoms with Gasteiger partial charge in [0.05, 0.1) is 0 Å². The molecule has 0 N–H and O–H groups in total. The van der Waals surface area contributed by atoms with Crippen LogP contribution in [0.4, 0.5) is 0 Å². The molecule has 0 radical (unpaired) electrons. The second kappa shape index (κ2) is 5.32. The number of hydrogen-bond acceptors (Lipinski definition) is 2. The predicted molar refractivity (Wildman–Crippen MR) is 55.2 cm³/mol. The average Bonchev–Trinajstić information content (AvgIpc) is 2.26. The Bertz CT molecular complexity index is 303. The first kappa shape index (κ1) is 10.6. The highest BCUT2D eigenvalue weighted by atomic mass is 16.1. The Kier molecular flexibility index (Phi) is 4.05. The minimum atomic E-state index is -0.136. The van der Waals surface area contributed by atoms with Gasteiger partial charge in [-0.25, -0.2) is 0 Å². The Morgan fingerprint density at radius 2 is 2.00 bits per heavy atom. The van der Waals surface area contributed by atoms with Crippen molar-refractivity contribution in [3.63, 3.8) is 0 Å². The van der Waals surface area contributed by atoms with Crippen LogP contribution in [-0.2, 0) is 4.79 Å². The van der Waals surface area contributed by atoms with Gasteiger partial charge in [0.15, 0.2) is 5.78 Å². The van der Waals surface area contributed by atoms with Gasteiger partial charge in [0.1, 0.15) is 6.29 Å². The molecule has 0 aliphatic rings. The molecule has 0 saturated carbocycles. The molecule has 1 rings (SSSR count). The van der Waals surface area contributed by atoms with Gasteiger partial charge in [-0.1, -0.05) is 37.3 Å². The van der Waals surface area contributed by atoms with Crippen LogP contribution in [0.25, 0.3) is 0 Å². The van der Waals surface area contributed by atoms with Gasteiger partial charge in [0.25, 0.3) is 0 Å². The zero-order valence-electron chi connectivity index (χ0n) is 8.27. The smallest absolute Gasteiger partial charge is 0.163 e. The first-order valence-corrected chi connectivity index (χ1v) is 4.81. The first-order valence-electron chi connectivity index (χ1n) is 4.81. The minimum absolute atomic E-state index is 0.0459. The van der Waals surface area contributed by atoms with Gasteiger partial charge in [-0.2, -0.15) is 0 Å². The highest BCUT2D eigenvalue weighted by Gasteiger charge is 2.12. The van der Waals surface area contributed by atoms with E-state index < -0.39 is 0 Å². The van der Waals surface area contributed by atoms with Crippen molar-refractivity contribution < 1.29 is 9.59 Å². The number of rotatable bonds is 5. The highest BCUT2D eigenvalue weighted by Crippen LogP contribution is 2.10. The number of ketones is 1. The fourth-order valence-corrected chi connectivity index (χ4v) is 1.27. The van der Waals surface area contributed by atoms with E-state index in [2.05, 4.69) is 0 Å². The Hall–Kier alpha value is -1.44. The molecule has 14 heavy (non-hydrogen) atoms. The molecule has 1 aromatic carbocycles. The summed E-state index contributed by atoms with van der Waals surface area (Å²) in [6.07, 6.45) is 1.91. The summed E-state index contributed by atoms with van der Waals surface area (Å²) >= 11 is 0. The molecule has 1 aromatic rings. The second-order valence-corrected chi connectivity index (χ2v) is 3.30. The molecule has 2 nitrogen and oxygen atoms in total. The summed E-state index contributed by atoms with van der Waals surface area (Å²) in [6, 6.07) is 9.08. The van der Waals surface area contributed by atoms with E-state index in [1.807, 2.05) is 25.1 Å². The van der Waals surface area contributed by atoms with Crippen LogP contribution in [-0.4, -0.2) is 12.1 Å². The lowest BCUT2D eigenvalue weighted by Crippen LogP contribution is -2.09. The number of hydrogen-bond donors (Lipinski definition) is 0. The SMILES string of the molecule is CC[C@@H](C=O)CC(=O)c1ccccc1. The molecule has 1 atom stereocenters. The molecule has 0 bridgehead atoms. The van der Waals surface area contributed by atoms with Crippen molar-refractivity contribution >= 4 is 12.1 Å². The van der Waals surface area contributed by atoms with Gasteiger partial charge in [0, 0.05) is 17.9 Å². The summed E-state index contributed by atoms with van der Waals surface area (Å²) in [5.41, 5.74) is 0.688. The van der Waals surface area contributed by atoms with Crippen molar-refractivity contribution in [2.24, 2.45) is 5.92 Å². The predicted octanol–water partition coefficient (Wildman–Crippen LogP) is 2.48. The van der Waals surface area contributed by atoms with E-state index in [-0.39, 0.29) is 11.7 Å². The van der Waals surface area contributed by atoms with Crippen LogP contribution in [0, 0.1) is 5.92 Å². The van der Waals surface area contributed by atoms with Crippen LogP contribution < -0.4 is 0 Å². The van der Waals surface area contributed by atoms with E-state index in [0.717, 1.165) is 12.7 Å². The van der Waals surface area contributed by atoms with E-state index in [1.54, 1.807) is 12.1 Å². The van der Waals surface area contributed by atoms with Crippen LogP contribution in [0.15, 0.2) is 30.3 Å². The third kappa shape index (κ3) is 2.80. The van der Waals surface area contributed by atoms with Crippen molar-refractivity contribution in [2.75, 3.05) is 0 Å². The fourth-order valence-electron chi connectivity index (χ4n) is 1.27. The van der Waals surface area contributed by atoms with E-state index in [1.165, 1.54) is 0 Å². The maximum Gasteiger partial charge on any atom is 0.163 e. The maximum atomic E-state index is 11.6. The fraction of sp³-hybridized carbons (Fsp3) is 0.333. The quantitative estimate of drug-likeness (QED) is 0.528. The van der Waals surface area contributed by atoms with E-state index in [0.29, 0.717) is 12.0 Å². The molecule has 0 aromatic heterocycles. The highest BCUT2D eigenvalue weighted by molar-refractivity contribution is 5.97. The summed E-state index contributed by atoms with van der Waals surface area (Å²) < 4.78 is 0. The van der Waals surface area contributed by atoms with Crippen molar-refractivity contribution in [1.82, 2.24) is 0 Å². The molecular formula is C12H14O2. The lowest BCUT2D eigenvalue weighted by Gasteiger charge is -2.05. The Morgan fingerprint density at radius 1 is 1.36 bits per heavy atom. The third-order valence-corrected chi connectivity index (χ3v) is 2.26. The first-order chi connectivity index (χ1) is 6.77. The number of carbonyl (C=O) groups is 2. The largest absolute Gasteiger partial charge is 0.303 e. The minimum Gasteiger partial charge on any atom is -0.303 e. The van der Waals surface area contributed by atoms with Gasteiger partial charge in [0.2, 0.25) is 0 Å². The summed E-state index contributed by atoms with van der Waals surface area (Å²) in [6.45, 7) is 1.91. The molecule has 2 heteroatoms. The molecule has 0 aliphatic carbocycles. The van der Waals surface area contributed by atoms with Crippen molar-refractivity contribution in [3.8, 4) is 0 Å². The van der Waals surface area contributed by atoms with Crippen LogP contribution in [0.1, 0.15) is 30.1 Å². The molecule has 0 unspecified atom stereocenters. The third-order valence-electron chi connectivity index (χ3n) is 2.26. The van der Waals surface area contributed by atoms with E-state index in [4.69, 9.17) is 0 Å². The van der Waals surface area contributed by atoms with E-state index in [9.17, 15) is 9.59 Å². The molecule has 0 saturated heterocycles. The second-order valence-electron chi connectivity index (χ2n) is 3.30. The molecule has 0 aliphatic heterocycles. The van der Waals surface area contributed by atoms with Crippen LogP contribution in [0.5, 0.6) is 0 Å². The standard InChI is InChI=1S/C12H14O2/c1-2-10(9-13)8-12(14)11-6-4-3-5-7-11/h3-7,9-10H,2,8H2,1H3/t10-/m1/s1. The number of Topliss-reactive ketones (excluding diaryl/α,β-unsaturated/α-hetero) is 1. The normalized spacial score (nSPS) is 12.1. The molecule has 0 heterocycles. The van der Waals surface area contributed by atoms with E-state index >= 15 is 0 Å². The monoisotopic (exact) mass is 190 g/mol. The topological polar surface area (TPSA) is 34.1 Å². The lowest BCUT2D eigenvalue weighted by atomic mass is 9.97. The zero-order chi connectivity index (χ0) is 10.4. The van der Waals surface area contributed by atoms with Crippen LogP contribution in [0.3, 0.4) is 0 Å². The summed E-state index contributed by atoms with van der Waals surface area (Å²) in [7, 11) is 0. The van der Waals surface area contributed by atoms with Crippen molar-refractivity contribution in [2.45, 2.75) is 19.8 Å². The van der Waals surface area contributed by atoms with Gasteiger partial charge in [-0.15, -0.1) is 0 Å². The van der Waals surface area contributed by atoms with Crippen molar-refractivity contribution in [1.29, 1.82) is 0 Å². The molecule has 0 fully saturated rings. The molecular weight excluding hydrogens is 176 g/mol. The summed E-state index contributed by atoms with van der Waals surface area (Å²) in [5.74, 6) is -0.0905. The molecule has 74 valence electrons. The molecule has 0 spiro atoms. The van der Waals surface area contributed by atoms with Crippen LogP contribution in [0.2, 0.25) is 0 Å². The van der Waals surface area contributed by atoms with Gasteiger partial charge in [-0.05, 0) is 6.42 Å². The summed E-state index contributed by atoms with van der Waals surface area (Å²) in [4.78, 5) is 22.2. The number of aldehydes is 1. The number of carbonyl (C=O) groups excluding carboxylic acids is 2. The van der Waals surface area contributed by atoms with Crippen LogP contribution >= 0.6 is 0 Å². The number of benzene rings is 1. The summed E-state index contributed by atoms with van der Waals surface area (Å²) in [5, 5.41) is 0. The zero-order valence-corrected chi connectivity index (χ0v) is 8.27. The van der Waals surface area contributed by atoms with Crippen molar-refractivity contribution in [3.05, 3.63) is 35.9 Å². The molecule has 0 amide bonds. The van der Waals surface area contributed by atoms with Gasteiger partial charge in [-0.3, -0.25) is 4.79 Å². The Morgan fingerprint density at radius 3 is 2.50 bits per heavy atom. The van der Waals surface area contributed by atoms with Gasteiger partial charge >= 0.3 is 0 Å². The maximum absolute atomic E-state index is 11.6. The Labute approximate surface area is 83.9 Å². The van der Waals surface area contributed by atoms with Gasteiger partial charge < -0.3 is 4.79 Å². The lowest BCUT2D eigenvalue weighted by molar-refractivity contribution is -0.111.